The van der Waals surface area contributed by atoms with Gasteiger partial charge in [-0.3, -0.25) is 9.59 Å². The fourth-order valence-electron chi connectivity index (χ4n) is 1.74. The summed E-state index contributed by atoms with van der Waals surface area (Å²) in [6, 6.07) is 5.64. The van der Waals surface area contributed by atoms with Crippen molar-refractivity contribution in [2.45, 2.75) is 33.8 Å². The summed E-state index contributed by atoms with van der Waals surface area (Å²) in [5, 5.41) is 11.0. The van der Waals surface area contributed by atoms with Crippen molar-refractivity contribution in [1.82, 2.24) is 5.32 Å². The SMILES string of the molecule is Cc1cccc(OC(C(=O)NCC(=O)O)C(C)C)c1C. The summed E-state index contributed by atoms with van der Waals surface area (Å²) in [7, 11) is 0. The maximum absolute atomic E-state index is 12.0. The molecule has 0 bridgehead atoms. The molecule has 0 spiro atoms. The smallest absolute Gasteiger partial charge is 0.322 e. The molecule has 1 aromatic rings. The van der Waals surface area contributed by atoms with E-state index in [1.165, 1.54) is 0 Å². The molecule has 110 valence electrons. The number of rotatable bonds is 6. The van der Waals surface area contributed by atoms with Gasteiger partial charge in [0.15, 0.2) is 6.10 Å². The maximum atomic E-state index is 12.0. The largest absolute Gasteiger partial charge is 0.480 e. The molecule has 0 aliphatic rings. The van der Waals surface area contributed by atoms with Gasteiger partial charge in [0.2, 0.25) is 0 Å². The summed E-state index contributed by atoms with van der Waals surface area (Å²) in [5.41, 5.74) is 2.06. The van der Waals surface area contributed by atoms with Crippen molar-refractivity contribution in [3.8, 4) is 5.75 Å². The lowest BCUT2D eigenvalue weighted by Gasteiger charge is -2.23. The van der Waals surface area contributed by atoms with Gasteiger partial charge in [-0.25, -0.2) is 0 Å². The third-order valence-electron chi connectivity index (χ3n) is 3.09. The Morgan fingerprint density at radius 1 is 1.30 bits per heavy atom. The number of ether oxygens (including phenoxy) is 1. The van der Waals surface area contributed by atoms with Crippen LogP contribution < -0.4 is 10.1 Å². The van der Waals surface area contributed by atoms with E-state index in [0.717, 1.165) is 11.1 Å². The molecule has 0 saturated carbocycles. The fourth-order valence-corrected chi connectivity index (χ4v) is 1.74. The number of carbonyl (C=O) groups excluding carboxylic acids is 1. The number of carbonyl (C=O) groups is 2. The van der Waals surface area contributed by atoms with Crippen LogP contribution in [0, 0.1) is 19.8 Å². The van der Waals surface area contributed by atoms with Gasteiger partial charge in [0.25, 0.3) is 5.91 Å². The predicted molar refractivity (Wildman–Crippen MR) is 75.8 cm³/mol. The van der Waals surface area contributed by atoms with Crippen LogP contribution in [0.2, 0.25) is 0 Å². The second-order valence-electron chi connectivity index (χ2n) is 5.09. The van der Waals surface area contributed by atoms with Gasteiger partial charge in [0.1, 0.15) is 12.3 Å². The number of aliphatic carboxylic acids is 1. The maximum Gasteiger partial charge on any atom is 0.322 e. The van der Waals surface area contributed by atoms with Crippen LogP contribution in [0.25, 0.3) is 0 Å². The van der Waals surface area contributed by atoms with Crippen molar-refractivity contribution in [3.05, 3.63) is 29.3 Å². The number of hydrogen-bond acceptors (Lipinski definition) is 3. The first-order valence-electron chi connectivity index (χ1n) is 6.55. The molecule has 20 heavy (non-hydrogen) atoms. The van der Waals surface area contributed by atoms with Crippen LogP contribution in [0.4, 0.5) is 0 Å². The third kappa shape index (κ3) is 4.26. The van der Waals surface area contributed by atoms with E-state index in [1.807, 2.05) is 45.9 Å². The molecule has 0 aliphatic carbocycles. The van der Waals surface area contributed by atoms with Crippen LogP contribution in [-0.4, -0.2) is 29.6 Å². The van der Waals surface area contributed by atoms with Crippen molar-refractivity contribution in [3.63, 3.8) is 0 Å². The lowest BCUT2D eigenvalue weighted by Crippen LogP contribution is -2.43. The molecular weight excluding hydrogens is 258 g/mol. The predicted octanol–water partition coefficient (Wildman–Crippen LogP) is 1.91. The number of benzene rings is 1. The molecule has 0 radical (unpaired) electrons. The molecular formula is C15H21NO4. The van der Waals surface area contributed by atoms with Gasteiger partial charge in [0, 0.05) is 0 Å². The summed E-state index contributed by atoms with van der Waals surface area (Å²) in [4.78, 5) is 22.5. The van der Waals surface area contributed by atoms with E-state index in [4.69, 9.17) is 9.84 Å². The summed E-state index contributed by atoms with van der Waals surface area (Å²) in [6.07, 6.45) is -0.713. The monoisotopic (exact) mass is 279 g/mol. The van der Waals surface area contributed by atoms with Crippen molar-refractivity contribution < 1.29 is 19.4 Å². The van der Waals surface area contributed by atoms with Crippen LogP contribution in [0.15, 0.2) is 18.2 Å². The van der Waals surface area contributed by atoms with Gasteiger partial charge in [0.05, 0.1) is 0 Å². The molecule has 1 atom stereocenters. The molecule has 1 amide bonds. The lowest BCUT2D eigenvalue weighted by molar-refractivity contribution is -0.139. The fraction of sp³-hybridized carbons (Fsp3) is 0.467. The summed E-state index contributed by atoms with van der Waals surface area (Å²) in [5.74, 6) is -0.909. The molecule has 0 aromatic heterocycles. The first-order chi connectivity index (χ1) is 9.32. The second-order valence-corrected chi connectivity index (χ2v) is 5.09. The highest BCUT2D eigenvalue weighted by atomic mass is 16.5. The van der Waals surface area contributed by atoms with Crippen molar-refractivity contribution in [2.24, 2.45) is 5.92 Å². The number of amides is 1. The van der Waals surface area contributed by atoms with Crippen LogP contribution >= 0.6 is 0 Å². The number of carboxylic acid groups (broad SMARTS) is 1. The zero-order valence-corrected chi connectivity index (χ0v) is 12.3. The van der Waals surface area contributed by atoms with E-state index in [1.54, 1.807) is 0 Å². The second kappa shape index (κ2) is 6.93. The highest BCUT2D eigenvalue weighted by molar-refractivity contribution is 5.85. The molecule has 0 aliphatic heterocycles. The Balaban J connectivity index is 2.84. The number of nitrogens with one attached hydrogen (secondary N) is 1. The van der Waals surface area contributed by atoms with E-state index in [9.17, 15) is 9.59 Å². The van der Waals surface area contributed by atoms with E-state index >= 15 is 0 Å². The molecule has 0 fully saturated rings. The van der Waals surface area contributed by atoms with Crippen LogP contribution in [-0.2, 0) is 9.59 Å². The Labute approximate surface area is 118 Å². The number of hydrogen-bond donors (Lipinski definition) is 2. The summed E-state index contributed by atoms with van der Waals surface area (Å²) in [6.45, 7) is 7.21. The quantitative estimate of drug-likeness (QED) is 0.834. The third-order valence-corrected chi connectivity index (χ3v) is 3.09. The lowest BCUT2D eigenvalue weighted by atomic mass is 10.1. The standard InChI is InChI=1S/C15H21NO4/c1-9(2)14(15(19)16-8-13(17)18)20-12-7-5-6-10(3)11(12)4/h5-7,9,14H,8H2,1-4H3,(H,16,19)(H,17,18). The molecule has 0 saturated heterocycles. The molecule has 1 unspecified atom stereocenters. The number of aryl methyl sites for hydroxylation is 1. The highest BCUT2D eigenvalue weighted by Gasteiger charge is 2.25. The van der Waals surface area contributed by atoms with E-state index in [-0.39, 0.29) is 5.92 Å². The van der Waals surface area contributed by atoms with E-state index < -0.39 is 24.5 Å². The highest BCUT2D eigenvalue weighted by Crippen LogP contribution is 2.23. The number of carboxylic acids is 1. The topological polar surface area (TPSA) is 75.6 Å². The Kier molecular flexibility index (Phi) is 5.55. The summed E-state index contributed by atoms with van der Waals surface area (Å²) < 4.78 is 5.78. The zero-order valence-electron chi connectivity index (χ0n) is 12.3. The van der Waals surface area contributed by atoms with Crippen LogP contribution in [0.5, 0.6) is 5.75 Å². The van der Waals surface area contributed by atoms with Crippen molar-refractivity contribution in [2.75, 3.05) is 6.54 Å². The molecule has 5 nitrogen and oxygen atoms in total. The van der Waals surface area contributed by atoms with Crippen molar-refractivity contribution in [1.29, 1.82) is 0 Å². The molecule has 2 N–H and O–H groups in total. The molecule has 5 heteroatoms. The van der Waals surface area contributed by atoms with Gasteiger partial charge in [-0.15, -0.1) is 0 Å². The van der Waals surface area contributed by atoms with Gasteiger partial charge < -0.3 is 15.2 Å². The van der Waals surface area contributed by atoms with Crippen LogP contribution in [0.1, 0.15) is 25.0 Å². The van der Waals surface area contributed by atoms with Crippen LogP contribution in [0.3, 0.4) is 0 Å². The van der Waals surface area contributed by atoms with Gasteiger partial charge in [-0.05, 0) is 37.0 Å². The van der Waals surface area contributed by atoms with Crippen molar-refractivity contribution >= 4 is 11.9 Å². The summed E-state index contributed by atoms with van der Waals surface area (Å²) >= 11 is 0. The minimum atomic E-state index is -1.08. The van der Waals surface area contributed by atoms with Gasteiger partial charge >= 0.3 is 5.97 Å². The molecule has 0 heterocycles. The average molecular weight is 279 g/mol. The Hall–Kier alpha value is -2.04. The molecule has 1 rings (SSSR count). The minimum absolute atomic E-state index is 0.0660. The minimum Gasteiger partial charge on any atom is -0.480 e. The Morgan fingerprint density at radius 3 is 2.50 bits per heavy atom. The van der Waals surface area contributed by atoms with Gasteiger partial charge in [-0.2, -0.15) is 0 Å². The van der Waals surface area contributed by atoms with E-state index in [2.05, 4.69) is 5.32 Å². The Morgan fingerprint density at radius 2 is 1.95 bits per heavy atom. The van der Waals surface area contributed by atoms with Gasteiger partial charge in [-0.1, -0.05) is 26.0 Å². The van der Waals surface area contributed by atoms with E-state index in [0.29, 0.717) is 5.75 Å². The normalized spacial score (nSPS) is 12.1. The first-order valence-corrected chi connectivity index (χ1v) is 6.55. The average Bonchev–Trinajstić information content (AvgIpc) is 2.37. The zero-order chi connectivity index (χ0) is 15.3. The first kappa shape index (κ1) is 16.0. The Bertz CT molecular complexity index is 497. The molecule has 1 aromatic carbocycles.